The van der Waals surface area contributed by atoms with E-state index in [-0.39, 0.29) is 0 Å². The number of β-amino-alcohol motifs (C(OH)–C–C–N with tert-alkyl or cyclic N) is 1. The first kappa shape index (κ1) is 16.5. The van der Waals surface area contributed by atoms with Crippen LogP contribution >= 0.6 is 0 Å². The highest BCUT2D eigenvalue weighted by molar-refractivity contribution is 5.54. The van der Waals surface area contributed by atoms with E-state index >= 15 is 0 Å². The first-order valence-corrected chi connectivity index (χ1v) is 8.88. The summed E-state index contributed by atoms with van der Waals surface area (Å²) < 4.78 is 11.1. The molecule has 7 heteroatoms. The highest BCUT2D eigenvalue weighted by Gasteiger charge is 2.36. The molecular weight excluding hydrogens is 320 g/mol. The van der Waals surface area contributed by atoms with E-state index in [1.807, 2.05) is 35.2 Å². The molecule has 1 atom stereocenters. The van der Waals surface area contributed by atoms with Gasteiger partial charge in [-0.15, -0.1) is 0 Å². The quantitative estimate of drug-likeness (QED) is 0.898. The Morgan fingerprint density at radius 3 is 2.72 bits per heavy atom. The zero-order chi connectivity index (χ0) is 17.1. The third kappa shape index (κ3) is 3.84. The Morgan fingerprint density at radius 1 is 1.12 bits per heavy atom. The summed E-state index contributed by atoms with van der Waals surface area (Å²) in [7, 11) is 0. The number of hydrogen-bond acceptors (Lipinski definition) is 7. The minimum Gasteiger partial charge on any atom is -0.384 e. The minimum atomic E-state index is -0.922. The van der Waals surface area contributed by atoms with Gasteiger partial charge in [-0.25, -0.2) is 0 Å². The number of aromatic nitrogens is 2. The third-order valence-corrected chi connectivity index (χ3v) is 4.80. The highest BCUT2D eigenvalue weighted by atomic mass is 16.5. The van der Waals surface area contributed by atoms with E-state index in [9.17, 15) is 5.11 Å². The zero-order valence-corrected chi connectivity index (χ0v) is 14.3. The van der Waals surface area contributed by atoms with Gasteiger partial charge in [0.25, 0.3) is 11.8 Å². The van der Waals surface area contributed by atoms with Crippen LogP contribution in [0.2, 0.25) is 0 Å². The van der Waals surface area contributed by atoms with E-state index in [1.165, 1.54) is 12.8 Å². The second kappa shape index (κ2) is 7.11. The Balaban J connectivity index is 1.50. The number of likely N-dealkylation sites (tertiary alicyclic amines) is 1. The van der Waals surface area contributed by atoms with Crippen molar-refractivity contribution in [2.24, 2.45) is 0 Å². The summed E-state index contributed by atoms with van der Waals surface area (Å²) in [6.07, 6.45) is 2.40. The van der Waals surface area contributed by atoms with Crippen molar-refractivity contribution in [2.75, 3.05) is 50.8 Å². The van der Waals surface area contributed by atoms with Crippen LogP contribution in [0.5, 0.6) is 0 Å². The van der Waals surface area contributed by atoms with Gasteiger partial charge in [0.05, 0.1) is 19.8 Å². The van der Waals surface area contributed by atoms with Gasteiger partial charge in [-0.05, 0) is 43.2 Å². The lowest BCUT2D eigenvalue weighted by Crippen LogP contribution is -2.52. The highest BCUT2D eigenvalue weighted by Crippen LogP contribution is 2.23. The Bertz CT molecular complexity index is 687. The van der Waals surface area contributed by atoms with Crippen LogP contribution in [0.3, 0.4) is 0 Å². The van der Waals surface area contributed by atoms with Crippen molar-refractivity contribution in [1.82, 2.24) is 15.0 Å². The topological polar surface area (TPSA) is 74.9 Å². The Hall–Kier alpha value is -1.96. The molecular formula is C18H24N4O3. The van der Waals surface area contributed by atoms with E-state index in [4.69, 9.17) is 9.26 Å². The molecule has 0 radical (unpaired) electrons. The van der Waals surface area contributed by atoms with Gasteiger partial charge in [-0.2, -0.15) is 4.98 Å². The van der Waals surface area contributed by atoms with Crippen LogP contribution < -0.4 is 4.90 Å². The molecule has 2 aromatic rings. The number of anilines is 1. The molecule has 1 aromatic heterocycles. The number of aliphatic hydroxyl groups is 1. The lowest BCUT2D eigenvalue weighted by atomic mass is 10.0. The summed E-state index contributed by atoms with van der Waals surface area (Å²) in [5, 5.41) is 15.2. The van der Waals surface area contributed by atoms with Crippen LogP contribution in [0.15, 0.2) is 34.9 Å². The number of hydrogen-bond donors (Lipinski definition) is 1. The fourth-order valence-electron chi connectivity index (χ4n) is 3.58. The van der Waals surface area contributed by atoms with E-state index in [2.05, 4.69) is 15.0 Å². The lowest BCUT2D eigenvalue weighted by molar-refractivity contribution is -0.0439. The maximum absolute atomic E-state index is 11.1. The second-order valence-electron chi connectivity index (χ2n) is 6.95. The molecule has 7 nitrogen and oxygen atoms in total. The van der Waals surface area contributed by atoms with Crippen molar-refractivity contribution >= 4 is 5.95 Å². The van der Waals surface area contributed by atoms with Crippen LogP contribution in [0.25, 0.3) is 11.5 Å². The Morgan fingerprint density at radius 2 is 1.92 bits per heavy atom. The Labute approximate surface area is 147 Å². The second-order valence-corrected chi connectivity index (χ2v) is 6.95. The Kier molecular flexibility index (Phi) is 4.70. The average molecular weight is 344 g/mol. The van der Waals surface area contributed by atoms with E-state index in [0.717, 1.165) is 18.7 Å². The summed E-state index contributed by atoms with van der Waals surface area (Å²) >= 11 is 0. The summed E-state index contributed by atoms with van der Waals surface area (Å²) in [5.41, 5.74) is -0.0337. The van der Waals surface area contributed by atoms with Crippen LogP contribution in [-0.4, -0.2) is 71.7 Å². The molecule has 0 aliphatic carbocycles. The molecule has 0 spiro atoms. The monoisotopic (exact) mass is 344 g/mol. The largest absolute Gasteiger partial charge is 0.384 e. The standard InChI is InChI=1S/C18H24N4O3/c23-18(12-21-8-4-5-9-21)13-22(10-11-24-14-18)17-19-16(25-20-17)15-6-2-1-3-7-15/h1-3,6-7,23H,4-5,8-14H2/t18-/m0/s1. The van der Waals surface area contributed by atoms with Gasteiger partial charge in [0.15, 0.2) is 0 Å². The molecule has 0 unspecified atom stereocenters. The molecule has 2 aliphatic rings. The van der Waals surface area contributed by atoms with Crippen molar-refractivity contribution in [3.63, 3.8) is 0 Å². The number of nitrogens with zero attached hydrogens (tertiary/aromatic N) is 4. The van der Waals surface area contributed by atoms with Crippen LogP contribution in [0, 0.1) is 0 Å². The molecule has 0 bridgehead atoms. The van der Waals surface area contributed by atoms with Crippen molar-refractivity contribution in [2.45, 2.75) is 18.4 Å². The molecule has 4 rings (SSSR count). The van der Waals surface area contributed by atoms with Crippen LogP contribution in [0.1, 0.15) is 12.8 Å². The summed E-state index contributed by atoms with van der Waals surface area (Å²) in [4.78, 5) is 8.77. The first-order valence-electron chi connectivity index (χ1n) is 8.88. The summed E-state index contributed by atoms with van der Waals surface area (Å²) in [6, 6.07) is 9.70. The normalized spacial score (nSPS) is 25.2. The maximum atomic E-state index is 11.1. The molecule has 1 aromatic carbocycles. The van der Waals surface area contributed by atoms with Crippen LogP contribution in [-0.2, 0) is 4.74 Å². The molecule has 0 saturated carbocycles. The van der Waals surface area contributed by atoms with Gasteiger partial charge in [0.2, 0.25) is 0 Å². The SMILES string of the molecule is O[C@]1(CN2CCCC2)COCCN(c2noc(-c3ccccc3)n2)C1. The van der Waals surface area contributed by atoms with Crippen molar-refractivity contribution in [3.8, 4) is 11.5 Å². The van der Waals surface area contributed by atoms with Crippen LogP contribution in [0.4, 0.5) is 5.95 Å². The fraction of sp³-hybridized carbons (Fsp3) is 0.556. The van der Waals surface area contributed by atoms with E-state index < -0.39 is 5.60 Å². The predicted molar refractivity (Wildman–Crippen MR) is 93.4 cm³/mol. The van der Waals surface area contributed by atoms with Gasteiger partial charge in [-0.3, -0.25) is 0 Å². The maximum Gasteiger partial charge on any atom is 0.266 e. The minimum absolute atomic E-state index is 0.337. The van der Waals surface area contributed by atoms with Crippen molar-refractivity contribution in [1.29, 1.82) is 0 Å². The lowest BCUT2D eigenvalue weighted by Gasteiger charge is -2.33. The number of rotatable bonds is 4. The zero-order valence-electron chi connectivity index (χ0n) is 14.3. The van der Waals surface area contributed by atoms with Gasteiger partial charge in [-0.1, -0.05) is 18.2 Å². The molecule has 0 amide bonds. The van der Waals surface area contributed by atoms with E-state index in [0.29, 0.717) is 44.7 Å². The molecule has 3 heterocycles. The summed E-state index contributed by atoms with van der Waals surface area (Å²) in [6.45, 7) is 4.66. The molecule has 25 heavy (non-hydrogen) atoms. The smallest absolute Gasteiger partial charge is 0.266 e. The van der Waals surface area contributed by atoms with Crippen molar-refractivity contribution in [3.05, 3.63) is 30.3 Å². The molecule has 2 fully saturated rings. The first-order chi connectivity index (χ1) is 12.2. The molecule has 2 aliphatic heterocycles. The van der Waals surface area contributed by atoms with Gasteiger partial charge in [0.1, 0.15) is 5.60 Å². The van der Waals surface area contributed by atoms with Gasteiger partial charge >= 0.3 is 0 Å². The third-order valence-electron chi connectivity index (χ3n) is 4.80. The number of ether oxygens (including phenoxy) is 1. The fourth-order valence-corrected chi connectivity index (χ4v) is 3.58. The molecule has 1 N–H and O–H groups in total. The molecule has 134 valence electrons. The van der Waals surface area contributed by atoms with E-state index in [1.54, 1.807) is 0 Å². The van der Waals surface area contributed by atoms with Gasteiger partial charge < -0.3 is 24.2 Å². The van der Waals surface area contributed by atoms with Crippen molar-refractivity contribution < 1.29 is 14.4 Å². The predicted octanol–water partition coefficient (Wildman–Crippen LogP) is 1.40. The summed E-state index contributed by atoms with van der Waals surface area (Å²) in [5.74, 6) is 0.994. The molecule has 2 saturated heterocycles. The van der Waals surface area contributed by atoms with Gasteiger partial charge in [0, 0.05) is 18.7 Å². The number of benzene rings is 1. The average Bonchev–Trinajstić information content (AvgIpc) is 3.27.